The first-order valence-corrected chi connectivity index (χ1v) is 10.3. The Bertz CT molecular complexity index is 855. The molecule has 2 aromatic carbocycles. The van der Waals surface area contributed by atoms with Crippen molar-refractivity contribution in [2.45, 2.75) is 38.5 Å². The number of rotatable bonds is 5. The quantitative estimate of drug-likeness (QED) is 0.581. The highest BCUT2D eigenvalue weighted by Crippen LogP contribution is 2.60. The van der Waals surface area contributed by atoms with E-state index in [1.54, 1.807) is 6.21 Å². The van der Waals surface area contributed by atoms with E-state index in [4.69, 9.17) is 4.74 Å². The van der Waals surface area contributed by atoms with Crippen molar-refractivity contribution in [3.8, 4) is 11.5 Å². The molecule has 0 radical (unpaired) electrons. The standard InChI is InChI=1S/C24H26N2O2/c27-23(24-13-18-9-19(14-24)11-20(10-18)15-24)26-25-16-17-5-4-8-22(12-17)28-21-6-2-1-3-7-21/h1-8,12,16,18-20H,9-11,13-15H2,(H,26,27)/b25-16+. The van der Waals surface area contributed by atoms with E-state index in [9.17, 15) is 4.79 Å². The summed E-state index contributed by atoms with van der Waals surface area (Å²) < 4.78 is 5.86. The zero-order chi connectivity index (χ0) is 19.0. The van der Waals surface area contributed by atoms with Crippen molar-refractivity contribution in [1.29, 1.82) is 0 Å². The maximum atomic E-state index is 12.9. The monoisotopic (exact) mass is 374 g/mol. The van der Waals surface area contributed by atoms with Gasteiger partial charge in [-0.3, -0.25) is 4.79 Å². The van der Waals surface area contributed by atoms with Crippen molar-refractivity contribution in [3.05, 3.63) is 60.2 Å². The van der Waals surface area contributed by atoms with Crippen molar-refractivity contribution in [1.82, 2.24) is 5.43 Å². The van der Waals surface area contributed by atoms with Crippen LogP contribution in [0.2, 0.25) is 0 Å². The summed E-state index contributed by atoms with van der Waals surface area (Å²) >= 11 is 0. The van der Waals surface area contributed by atoms with Gasteiger partial charge in [0.15, 0.2) is 0 Å². The largest absolute Gasteiger partial charge is 0.457 e. The molecule has 0 spiro atoms. The van der Waals surface area contributed by atoms with Gasteiger partial charge in [0.25, 0.3) is 0 Å². The number of hydrogen-bond donors (Lipinski definition) is 1. The number of amides is 1. The lowest BCUT2D eigenvalue weighted by atomic mass is 9.49. The fourth-order valence-electron chi connectivity index (χ4n) is 5.96. The van der Waals surface area contributed by atoms with Gasteiger partial charge in [0.2, 0.25) is 5.91 Å². The maximum absolute atomic E-state index is 12.9. The minimum atomic E-state index is -0.162. The number of nitrogens with zero attached hydrogens (tertiary/aromatic N) is 1. The van der Waals surface area contributed by atoms with Crippen LogP contribution in [-0.2, 0) is 4.79 Å². The SMILES string of the molecule is O=C(N/N=C/c1cccc(Oc2ccccc2)c1)C12CC3CC(CC(C3)C1)C2. The van der Waals surface area contributed by atoms with Gasteiger partial charge in [-0.25, -0.2) is 5.43 Å². The summed E-state index contributed by atoms with van der Waals surface area (Å²) in [4.78, 5) is 12.9. The van der Waals surface area contributed by atoms with Crippen LogP contribution in [0, 0.1) is 23.2 Å². The normalized spacial score (nSPS) is 30.5. The third-order valence-corrected chi connectivity index (χ3v) is 6.74. The molecule has 0 atom stereocenters. The van der Waals surface area contributed by atoms with Crippen LogP contribution in [0.3, 0.4) is 0 Å². The topological polar surface area (TPSA) is 50.7 Å². The second kappa shape index (κ2) is 7.08. The summed E-state index contributed by atoms with van der Waals surface area (Å²) in [5.74, 6) is 3.95. The summed E-state index contributed by atoms with van der Waals surface area (Å²) in [6.07, 6.45) is 8.89. The molecule has 4 fully saturated rings. The Morgan fingerprint density at radius 3 is 2.25 bits per heavy atom. The lowest BCUT2D eigenvalue weighted by molar-refractivity contribution is -0.146. The van der Waals surface area contributed by atoms with E-state index in [0.717, 1.165) is 54.1 Å². The summed E-state index contributed by atoms with van der Waals surface area (Å²) in [6.45, 7) is 0. The number of benzene rings is 2. The molecule has 144 valence electrons. The van der Waals surface area contributed by atoms with E-state index >= 15 is 0 Å². The average molecular weight is 374 g/mol. The molecular weight excluding hydrogens is 348 g/mol. The van der Waals surface area contributed by atoms with Crippen LogP contribution in [0.4, 0.5) is 0 Å². The molecule has 28 heavy (non-hydrogen) atoms. The number of ether oxygens (including phenoxy) is 1. The van der Waals surface area contributed by atoms with Crippen LogP contribution < -0.4 is 10.2 Å². The predicted molar refractivity (Wildman–Crippen MR) is 109 cm³/mol. The molecule has 1 N–H and O–H groups in total. The molecule has 6 rings (SSSR count). The highest BCUT2D eigenvalue weighted by molar-refractivity contribution is 5.86. The van der Waals surface area contributed by atoms with Gasteiger partial charge in [-0.05, 0) is 86.1 Å². The van der Waals surface area contributed by atoms with Gasteiger partial charge in [-0.2, -0.15) is 5.10 Å². The molecule has 4 heteroatoms. The van der Waals surface area contributed by atoms with Gasteiger partial charge < -0.3 is 4.74 Å². The number of para-hydroxylation sites is 1. The molecule has 2 aromatic rings. The Hall–Kier alpha value is -2.62. The highest BCUT2D eigenvalue weighted by atomic mass is 16.5. The number of carbonyl (C=O) groups is 1. The first-order valence-electron chi connectivity index (χ1n) is 10.3. The predicted octanol–water partition coefficient (Wildman–Crippen LogP) is 5.15. The molecule has 0 aliphatic heterocycles. The molecule has 1 amide bonds. The van der Waals surface area contributed by atoms with E-state index < -0.39 is 0 Å². The average Bonchev–Trinajstić information content (AvgIpc) is 2.68. The smallest absolute Gasteiger partial charge is 0.246 e. The number of hydrogen-bond acceptors (Lipinski definition) is 3. The molecule has 0 aromatic heterocycles. The minimum Gasteiger partial charge on any atom is -0.457 e. The Labute approximate surface area is 166 Å². The van der Waals surface area contributed by atoms with Gasteiger partial charge in [0.05, 0.1) is 11.6 Å². The van der Waals surface area contributed by atoms with Crippen LogP contribution in [0.15, 0.2) is 59.7 Å². The lowest BCUT2D eigenvalue weighted by Gasteiger charge is -2.55. The summed E-state index contributed by atoms with van der Waals surface area (Å²) in [7, 11) is 0. The van der Waals surface area contributed by atoms with Gasteiger partial charge >= 0.3 is 0 Å². The van der Waals surface area contributed by atoms with Crippen LogP contribution in [-0.4, -0.2) is 12.1 Å². The Morgan fingerprint density at radius 2 is 1.57 bits per heavy atom. The summed E-state index contributed by atoms with van der Waals surface area (Å²) in [6, 6.07) is 17.4. The van der Waals surface area contributed by atoms with Gasteiger partial charge in [0, 0.05) is 0 Å². The molecule has 4 saturated carbocycles. The fraction of sp³-hybridized carbons (Fsp3) is 0.417. The third kappa shape index (κ3) is 3.44. The third-order valence-electron chi connectivity index (χ3n) is 6.74. The van der Waals surface area contributed by atoms with Crippen LogP contribution in [0.1, 0.15) is 44.1 Å². The van der Waals surface area contributed by atoms with Crippen LogP contribution in [0.25, 0.3) is 0 Å². The van der Waals surface area contributed by atoms with Crippen LogP contribution >= 0.6 is 0 Å². The van der Waals surface area contributed by atoms with E-state index in [1.165, 1.54) is 19.3 Å². The van der Waals surface area contributed by atoms with E-state index in [2.05, 4.69) is 10.5 Å². The molecule has 0 unspecified atom stereocenters. The highest BCUT2D eigenvalue weighted by Gasteiger charge is 2.54. The first-order chi connectivity index (χ1) is 13.7. The van der Waals surface area contributed by atoms with Crippen molar-refractivity contribution >= 4 is 12.1 Å². The molecule has 4 aliphatic rings. The zero-order valence-electron chi connectivity index (χ0n) is 16.0. The van der Waals surface area contributed by atoms with Crippen molar-refractivity contribution in [3.63, 3.8) is 0 Å². The van der Waals surface area contributed by atoms with E-state index in [0.29, 0.717) is 0 Å². The Morgan fingerprint density at radius 1 is 0.929 bits per heavy atom. The van der Waals surface area contributed by atoms with Gasteiger partial charge in [-0.15, -0.1) is 0 Å². The molecule has 4 bridgehead atoms. The van der Waals surface area contributed by atoms with Crippen LogP contribution in [0.5, 0.6) is 11.5 Å². The summed E-state index contributed by atoms with van der Waals surface area (Å²) in [5.41, 5.74) is 3.59. The maximum Gasteiger partial charge on any atom is 0.246 e. The van der Waals surface area contributed by atoms with Crippen molar-refractivity contribution in [2.75, 3.05) is 0 Å². The van der Waals surface area contributed by atoms with Crippen molar-refractivity contribution < 1.29 is 9.53 Å². The molecular formula is C24H26N2O2. The van der Waals surface area contributed by atoms with Gasteiger partial charge in [-0.1, -0.05) is 30.3 Å². The minimum absolute atomic E-state index is 0.125. The number of nitrogens with one attached hydrogen (secondary N) is 1. The van der Waals surface area contributed by atoms with E-state index in [-0.39, 0.29) is 11.3 Å². The lowest BCUT2D eigenvalue weighted by Crippen LogP contribution is -2.52. The molecule has 4 aliphatic carbocycles. The number of hydrazone groups is 1. The first kappa shape index (κ1) is 17.5. The second-order valence-electron chi connectivity index (χ2n) is 8.88. The fourth-order valence-corrected chi connectivity index (χ4v) is 5.96. The molecule has 0 heterocycles. The molecule has 0 saturated heterocycles. The Kier molecular flexibility index (Phi) is 4.42. The summed E-state index contributed by atoms with van der Waals surface area (Å²) in [5, 5.41) is 4.27. The second-order valence-corrected chi connectivity index (χ2v) is 8.88. The van der Waals surface area contributed by atoms with Gasteiger partial charge in [0.1, 0.15) is 11.5 Å². The molecule has 4 nitrogen and oxygen atoms in total. The number of carbonyl (C=O) groups excluding carboxylic acids is 1. The zero-order valence-corrected chi connectivity index (χ0v) is 16.0. The van der Waals surface area contributed by atoms with Crippen molar-refractivity contribution in [2.24, 2.45) is 28.3 Å². The Balaban J connectivity index is 1.23. The van der Waals surface area contributed by atoms with E-state index in [1.807, 2.05) is 54.6 Å².